The van der Waals surface area contributed by atoms with Crippen molar-refractivity contribution in [3.05, 3.63) is 63.6 Å². The minimum Gasteiger partial charge on any atom is -0.388 e. The third kappa shape index (κ3) is 2.94. The number of aliphatic hydroxyl groups is 1. The second-order valence-electron chi connectivity index (χ2n) is 4.15. The molecule has 94 valence electrons. The minimum atomic E-state index is -0.700. The molecule has 1 unspecified atom stereocenters. The maximum atomic E-state index is 13.0. The molecule has 4 heteroatoms. The molecule has 1 heterocycles. The van der Waals surface area contributed by atoms with Crippen molar-refractivity contribution in [2.75, 3.05) is 0 Å². The molecule has 0 aliphatic heterocycles. The van der Waals surface area contributed by atoms with Crippen LogP contribution < -0.4 is 0 Å². The van der Waals surface area contributed by atoms with Gasteiger partial charge in [-0.1, -0.05) is 28.1 Å². The standard InChI is InChI=1S/C14H13BrFNO/c1-9-3-2-6-17-13(9)8-14(18)11-5-4-10(16)7-12(11)15/h2-7,14,18H,8H2,1H3. The van der Waals surface area contributed by atoms with E-state index in [0.717, 1.165) is 11.3 Å². The largest absolute Gasteiger partial charge is 0.388 e. The van der Waals surface area contributed by atoms with Crippen LogP contribution in [-0.4, -0.2) is 10.1 Å². The second kappa shape index (κ2) is 5.59. The van der Waals surface area contributed by atoms with Crippen molar-refractivity contribution in [1.82, 2.24) is 4.98 Å². The van der Waals surface area contributed by atoms with Gasteiger partial charge in [0.15, 0.2) is 0 Å². The van der Waals surface area contributed by atoms with Crippen molar-refractivity contribution < 1.29 is 9.50 Å². The van der Waals surface area contributed by atoms with E-state index in [0.29, 0.717) is 16.5 Å². The topological polar surface area (TPSA) is 33.1 Å². The fourth-order valence-electron chi connectivity index (χ4n) is 1.80. The maximum absolute atomic E-state index is 13.0. The summed E-state index contributed by atoms with van der Waals surface area (Å²) in [6.07, 6.45) is 1.42. The Morgan fingerprint density at radius 1 is 1.39 bits per heavy atom. The molecule has 1 N–H and O–H groups in total. The van der Waals surface area contributed by atoms with Gasteiger partial charge in [-0.05, 0) is 36.2 Å². The van der Waals surface area contributed by atoms with Crippen molar-refractivity contribution in [1.29, 1.82) is 0 Å². The molecule has 0 fully saturated rings. The van der Waals surface area contributed by atoms with Gasteiger partial charge in [-0.2, -0.15) is 0 Å². The molecule has 0 saturated carbocycles. The summed E-state index contributed by atoms with van der Waals surface area (Å²) in [5.41, 5.74) is 2.55. The summed E-state index contributed by atoms with van der Waals surface area (Å²) in [7, 11) is 0. The number of aliphatic hydroxyl groups excluding tert-OH is 1. The zero-order chi connectivity index (χ0) is 13.1. The molecule has 18 heavy (non-hydrogen) atoms. The van der Waals surface area contributed by atoms with Crippen LogP contribution in [0.2, 0.25) is 0 Å². The van der Waals surface area contributed by atoms with Crippen molar-refractivity contribution in [3.63, 3.8) is 0 Å². The van der Waals surface area contributed by atoms with E-state index < -0.39 is 6.10 Å². The zero-order valence-corrected chi connectivity index (χ0v) is 11.5. The molecule has 0 aliphatic carbocycles. The number of aryl methyl sites for hydroxylation is 1. The van der Waals surface area contributed by atoms with Gasteiger partial charge in [0.25, 0.3) is 0 Å². The summed E-state index contributed by atoms with van der Waals surface area (Å²) < 4.78 is 13.6. The first-order chi connectivity index (χ1) is 8.58. The highest BCUT2D eigenvalue weighted by Gasteiger charge is 2.14. The first kappa shape index (κ1) is 13.2. The minimum absolute atomic E-state index is 0.327. The molecule has 1 aromatic heterocycles. The van der Waals surface area contributed by atoms with Gasteiger partial charge in [0.05, 0.1) is 6.10 Å². The summed E-state index contributed by atoms with van der Waals surface area (Å²) in [4.78, 5) is 4.24. The Balaban J connectivity index is 2.22. The lowest BCUT2D eigenvalue weighted by Gasteiger charge is -2.13. The average molecular weight is 310 g/mol. The number of nitrogens with zero attached hydrogens (tertiary/aromatic N) is 1. The van der Waals surface area contributed by atoms with Gasteiger partial charge in [0.2, 0.25) is 0 Å². The number of halogens is 2. The van der Waals surface area contributed by atoms with E-state index in [1.165, 1.54) is 12.1 Å². The highest BCUT2D eigenvalue weighted by atomic mass is 79.9. The van der Waals surface area contributed by atoms with Gasteiger partial charge < -0.3 is 5.11 Å². The highest BCUT2D eigenvalue weighted by molar-refractivity contribution is 9.10. The van der Waals surface area contributed by atoms with Crippen LogP contribution in [-0.2, 0) is 6.42 Å². The summed E-state index contributed by atoms with van der Waals surface area (Å²) in [6, 6.07) is 8.09. The van der Waals surface area contributed by atoms with E-state index in [1.807, 2.05) is 19.1 Å². The Kier molecular flexibility index (Phi) is 4.09. The maximum Gasteiger partial charge on any atom is 0.124 e. The third-order valence-electron chi connectivity index (χ3n) is 2.83. The summed E-state index contributed by atoms with van der Waals surface area (Å²) in [6.45, 7) is 1.95. The van der Waals surface area contributed by atoms with Crippen LogP contribution in [0.4, 0.5) is 4.39 Å². The number of hydrogen-bond donors (Lipinski definition) is 1. The monoisotopic (exact) mass is 309 g/mol. The van der Waals surface area contributed by atoms with E-state index in [-0.39, 0.29) is 5.82 Å². The SMILES string of the molecule is Cc1cccnc1CC(O)c1ccc(F)cc1Br. The summed E-state index contributed by atoms with van der Waals surface area (Å²) in [5, 5.41) is 10.2. The number of rotatable bonds is 3. The molecule has 0 saturated heterocycles. The van der Waals surface area contributed by atoms with E-state index in [1.54, 1.807) is 12.3 Å². The van der Waals surface area contributed by atoms with Crippen LogP contribution in [0.1, 0.15) is 22.9 Å². The van der Waals surface area contributed by atoms with E-state index >= 15 is 0 Å². The summed E-state index contributed by atoms with van der Waals surface area (Å²) in [5.74, 6) is -0.327. The van der Waals surface area contributed by atoms with Gasteiger partial charge in [-0.3, -0.25) is 4.98 Å². The Labute approximate surface area is 114 Å². The molecule has 2 rings (SSSR count). The van der Waals surface area contributed by atoms with Crippen LogP contribution in [0.25, 0.3) is 0 Å². The lowest BCUT2D eigenvalue weighted by molar-refractivity contribution is 0.176. The lowest BCUT2D eigenvalue weighted by atomic mass is 10.0. The van der Waals surface area contributed by atoms with Gasteiger partial charge in [0, 0.05) is 22.8 Å². The smallest absolute Gasteiger partial charge is 0.124 e. The molecule has 1 atom stereocenters. The van der Waals surface area contributed by atoms with Crippen molar-refractivity contribution in [2.24, 2.45) is 0 Å². The van der Waals surface area contributed by atoms with E-state index in [9.17, 15) is 9.50 Å². The molecule has 0 bridgehead atoms. The number of benzene rings is 1. The van der Waals surface area contributed by atoms with Crippen LogP contribution >= 0.6 is 15.9 Å². The molecule has 2 aromatic rings. The van der Waals surface area contributed by atoms with Gasteiger partial charge in [0.1, 0.15) is 5.82 Å². The van der Waals surface area contributed by atoms with Gasteiger partial charge >= 0.3 is 0 Å². The molecule has 2 nitrogen and oxygen atoms in total. The van der Waals surface area contributed by atoms with Gasteiger partial charge in [-0.15, -0.1) is 0 Å². The Hall–Kier alpha value is -1.26. The quantitative estimate of drug-likeness (QED) is 0.940. The van der Waals surface area contributed by atoms with Crippen LogP contribution in [0.5, 0.6) is 0 Å². The predicted molar refractivity (Wildman–Crippen MR) is 71.7 cm³/mol. The Morgan fingerprint density at radius 3 is 2.83 bits per heavy atom. The zero-order valence-electron chi connectivity index (χ0n) is 9.90. The molecule has 0 amide bonds. The highest BCUT2D eigenvalue weighted by Crippen LogP contribution is 2.27. The van der Waals surface area contributed by atoms with Gasteiger partial charge in [-0.25, -0.2) is 4.39 Å². The number of hydrogen-bond acceptors (Lipinski definition) is 2. The summed E-state index contributed by atoms with van der Waals surface area (Å²) >= 11 is 3.26. The third-order valence-corrected chi connectivity index (χ3v) is 3.51. The van der Waals surface area contributed by atoms with Crippen molar-refractivity contribution in [2.45, 2.75) is 19.4 Å². The molecule has 0 radical (unpaired) electrons. The average Bonchev–Trinajstić information content (AvgIpc) is 2.32. The van der Waals surface area contributed by atoms with E-state index in [4.69, 9.17) is 0 Å². The molecule has 0 spiro atoms. The van der Waals surface area contributed by atoms with Crippen LogP contribution in [0.15, 0.2) is 41.0 Å². The predicted octanol–water partition coefficient (Wildman–Crippen LogP) is 3.57. The Bertz CT molecular complexity index is 559. The normalized spacial score (nSPS) is 12.4. The number of aromatic nitrogens is 1. The first-order valence-corrected chi connectivity index (χ1v) is 6.40. The molecular formula is C14H13BrFNO. The lowest BCUT2D eigenvalue weighted by Crippen LogP contribution is -2.05. The molecule has 0 aliphatic rings. The van der Waals surface area contributed by atoms with Crippen LogP contribution in [0.3, 0.4) is 0 Å². The molecule has 1 aromatic carbocycles. The Morgan fingerprint density at radius 2 is 2.17 bits per heavy atom. The van der Waals surface area contributed by atoms with Crippen LogP contribution in [0, 0.1) is 12.7 Å². The fourth-order valence-corrected chi connectivity index (χ4v) is 2.41. The molecular weight excluding hydrogens is 297 g/mol. The first-order valence-electron chi connectivity index (χ1n) is 5.61. The second-order valence-corrected chi connectivity index (χ2v) is 5.01. The van der Waals surface area contributed by atoms with Crippen molar-refractivity contribution in [3.8, 4) is 0 Å². The fraction of sp³-hybridized carbons (Fsp3) is 0.214. The van der Waals surface area contributed by atoms with Crippen molar-refractivity contribution >= 4 is 15.9 Å². The number of pyridine rings is 1. The van der Waals surface area contributed by atoms with E-state index in [2.05, 4.69) is 20.9 Å².